The summed E-state index contributed by atoms with van der Waals surface area (Å²) in [5, 5.41) is 0. The summed E-state index contributed by atoms with van der Waals surface area (Å²) in [6.07, 6.45) is 6.69. The second-order valence-electron chi connectivity index (χ2n) is 2.20. The molecule has 0 amide bonds. The number of hydrogen-bond donors (Lipinski definition) is 0. The van der Waals surface area contributed by atoms with Crippen molar-refractivity contribution in [3.8, 4) is 5.82 Å². The van der Waals surface area contributed by atoms with Crippen molar-refractivity contribution < 1.29 is 19.8 Å². The van der Waals surface area contributed by atoms with Crippen LogP contribution in [0.2, 0.25) is 0 Å². The third kappa shape index (κ3) is 1.81. The monoisotopic (exact) mass is 335 g/mol. The Hall–Kier alpha value is -0.934. The average molecular weight is 333 g/mol. The number of hydrogen-bond acceptors (Lipinski definition) is 1. The van der Waals surface area contributed by atoms with Gasteiger partial charge in [0.05, 0.1) is 5.82 Å². The van der Waals surface area contributed by atoms with Crippen LogP contribution in [0.4, 0.5) is 0 Å². The summed E-state index contributed by atoms with van der Waals surface area (Å²) < 4.78 is 1.85. The van der Waals surface area contributed by atoms with E-state index in [2.05, 4.69) is 11.2 Å². The van der Waals surface area contributed by atoms with E-state index in [4.69, 9.17) is 0 Å². The zero-order chi connectivity index (χ0) is 7.52. The molecule has 61 valence electrons. The molecule has 0 aliphatic carbocycles. The molecule has 0 aromatic carbocycles. The third-order valence-electron chi connectivity index (χ3n) is 1.44. The maximum atomic E-state index is 4.15. The first-order chi connectivity index (χ1) is 5.47. The Morgan fingerprint density at radius 1 is 1.25 bits per heavy atom. The van der Waals surface area contributed by atoms with Gasteiger partial charge in [-0.15, -0.1) is 12.3 Å². The molecular weight excluding hydrogens is 326 g/mol. The molecule has 2 aromatic heterocycles. The van der Waals surface area contributed by atoms with Crippen molar-refractivity contribution in [1.29, 1.82) is 0 Å². The van der Waals surface area contributed by atoms with Gasteiger partial charge >= 0.3 is 19.8 Å². The molecule has 2 rings (SSSR count). The Morgan fingerprint density at radius 2 is 2.17 bits per heavy atom. The maximum absolute atomic E-state index is 4.15. The Bertz CT molecular complexity index is 316. The van der Waals surface area contributed by atoms with E-state index in [9.17, 15) is 0 Å². The second kappa shape index (κ2) is 4.18. The van der Waals surface area contributed by atoms with Gasteiger partial charge in [-0.2, -0.15) is 6.07 Å². The van der Waals surface area contributed by atoms with Gasteiger partial charge in [-0.25, -0.2) is 0 Å². The van der Waals surface area contributed by atoms with E-state index in [0.717, 1.165) is 5.82 Å². The molecular formula is C9H7N2Os. The minimum Gasteiger partial charge on any atom is -0.436 e. The van der Waals surface area contributed by atoms with Crippen LogP contribution in [0.1, 0.15) is 0 Å². The van der Waals surface area contributed by atoms with Gasteiger partial charge in [0.1, 0.15) is 0 Å². The molecule has 3 heteroatoms. The van der Waals surface area contributed by atoms with Gasteiger partial charge in [-0.05, 0) is 6.07 Å². The fourth-order valence-corrected chi connectivity index (χ4v) is 0.934. The van der Waals surface area contributed by atoms with E-state index in [-0.39, 0.29) is 19.8 Å². The van der Waals surface area contributed by atoms with E-state index in [1.807, 2.05) is 41.1 Å². The van der Waals surface area contributed by atoms with E-state index >= 15 is 0 Å². The van der Waals surface area contributed by atoms with Gasteiger partial charge in [0, 0.05) is 6.20 Å². The number of rotatable bonds is 1. The van der Waals surface area contributed by atoms with Crippen molar-refractivity contribution in [1.82, 2.24) is 9.55 Å². The maximum Gasteiger partial charge on any atom is 1.00 e. The minimum absolute atomic E-state index is 0. The van der Waals surface area contributed by atoms with Crippen molar-refractivity contribution in [2.24, 2.45) is 0 Å². The summed E-state index contributed by atoms with van der Waals surface area (Å²) in [4.78, 5) is 4.15. The van der Waals surface area contributed by atoms with Crippen LogP contribution in [-0.4, -0.2) is 9.55 Å². The Balaban J connectivity index is 0.000000720. The van der Waals surface area contributed by atoms with Crippen LogP contribution in [0.3, 0.4) is 0 Å². The van der Waals surface area contributed by atoms with Crippen LogP contribution in [0.5, 0.6) is 0 Å². The van der Waals surface area contributed by atoms with E-state index in [0.29, 0.717) is 0 Å². The number of nitrogens with zero attached hydrogens (tertiary/aromatic N) is 2. The van der Waals surface area contributed by atoms with Gasteiger partial charge in [0.15, 0.2) is 0 Å². The molecule has 0 spiro atoms. The Morgan fingerprint density at radius 3 is 2.75 bits per heavy atom. The van der Waals surface area contributed by atoms with Crippen LogP contribution in [-0.2, 0) is 19.8 Å². The molecule has 12 heavy (non-hydrogen) atoms. The van der Waals surface area contributed by atoms with Crippen LogP contribution in [0, 0.1) is 6.20 Å². The van der Waals surface area contributed by atoms with Gasteiger partial charge in [0.25, 0.3) is 0 Å². The van der Waals surface area contributed by atoms with Gasteiger partial charge in [-0.1, -0.05) is 18.3 Å². The van der Waals surface area contributed by atoms with E-state index in [1.54, 1.807) is 6.20 Å². The quantitative estimate of drug-likeness (QED) is 0.726. The normalized spacial score (nSPS) is 9.00. The summed E-state index contributed by atoms with van der Waals surface area (Å²) in [6.45, 7) is 0. The van der Waals surface area contributed by atoms with Gasteiger partial charge in [0.2, 0.25) is 0 Å². The fraction of sp³-hybridized carbons (Fsp3) is 0. The van der Waals surface area contributed by atoms with Crippen molar-refractivity contribution in [2.45, 2.75) is 0 Å². The standard InChI is InChI=1S/C9H7N2.Os/c1-2-6-10-9(5-1)11-7-3-4-8-11;/h1-7H;/q-1;+1. The van der Waals surface area contributed by atoms with Crippen LogP contribution >= 0.6 is 0 Å². The fourth-order valence-electron chi connectivity index (χ4n) is 0.934. The molecule has 0 saturated carbocycles. The average Bonchev–Trinajstić information content (AvgIpc) is 2.58. The molecule has 0 unspecified atom stereocenters. The third-order valence-corrected chi connectivity index (χ3v) is 1.44. The molecule has 0 aliphatic rings. The Kier molecular flexibility index (Phi) is 3.19. The molecule has 0 saturated heterocycles. The van der Waals surface area contributed by atoms with Crippen LogP contribution in [0.15, 0.2) is 42.7 Å². The first-order valence-corrected chi connectivity index (χ1v) is 3.43. The predicted molar refractivity (Wildman–Crippen MR) is 42.4 cm³/mol. The molecule has 2 aromatic rings. The zero-order valence-corrected chi connectivity index (χ0v) is 8.83. The summed E-state index contributed by atoms with van der Waals surface area (Å²) in [5.74, 6) is 0.900. The topological polar surface area (TPSA) is 17.8 Å². The van der Waals surface area contributed by atoms with Crippen molar-refractivity contribution in [3.05, 3.63) is 48.9 Å². The summed E-state index contributed by atoms with van der Waals surface area (Å²) in [7, 11) is 0. The molecule has 0 atom stereocenters. The number of aromatic nitrogens is 2. The largest absolute Gasteiger partial charge is 1.00 e. The minimum atomic E-state index is 0. The molecule has 0 fully saturated rings. The number of pyridine rings is 1. The smallest absolute Gasteiger partial charge is 0.436 e. The molecule has 0 bridgehead atoms. The second-order valence-corrected chi connectivity index (χ2v) is 2.20. The van der Waals surface area contributed by atoms with Crippen molar-refractivity contribution >= 4 is 0 Å². The summed E-state index contributed by atoms with van der Waals surface area (Å²) >= 11 is 0. The first-order valence-electron chi connectivity index (χ1n) is 3.43. The summed E-state index contributed by atoms with van der Waals surface area (Å²) in [5.41, 5.74) is 0. The molecule has 1 radical (unpaired) electrons. The molecule has 2 nitrogen and oxygen atoms in total. The molecule has 2 heterocycles. The SMILES string of the molecule is [Os+].[c-]1cccn1-c1ccccn1. The Labute approximate surface area is 84.3 Å². The van der Waals surface area contributed by atoms with Gasteiger partial charge < -0.3 is 4.57 Å². The molecule has 0 N–H and O–H groups in total. The van der Waals surface area contributed by atoms with Crippen LogP contribution < -0.4 is 0 Å². The predicted octanol–water partition coefficient (Wildman–Crippen LogP) is 1.67. The van der Waals surface area contributed by atoms with Crippen molar-refractivity contribution in [2.75, 3.05) is 0 Å². The zero-order valence-electron chi connectivity index (χ0n) is 6.29. The van der Waals surface area contributed by atoms with Gasteiger partial charge in [-0.3, -0.25) is 4.98 Å². The van der Waals surface area contributed by atoms with E-state index in [1.165, 1.54) is 0 Å². The molecule has 0 aliphatic heterocycles. The van der Waals surface area contributed by atoms with Crippen molar-refractivity contribution in [3.63, 3.8) is 0 Å². The van der Waals surface area contributed by atoms with Crippen LogP contribution in [0.25, 0.3) is 5.82 Å². The summed E-state index contributed by atoms with van der Waals surface area (Å²) in [6, 6.07) is 9.57. The van der Waals surface area contributed by atoms with E-state index < -0.39 is 0 Å². The first kappa shape index (κ1) is 9.16.